The Bertz CT molecular complexity index is 1330. The summed E-state index contributed by atoms with van der Waals surface area (Å²) in [6.07, 6.45) is -3.79. The van der Waals surface area contributed by atoms with Gasteiger partial charge >= 0.3 is 6.18 Å². The number of carbonyl (C=O) groups excluding carboxylic acids is 1. The minimum absolute atomic E-state index is 0.0492. The number of anilines is 1. The molecule has 0 bridgehead atoms. The third-order valence-corrected chi connectivity index (χ3v) is 6.16. The molecule has 0 saturated heterocycles. The van der Waals surface area contributed by atoms with Crippen molar-refractivity contribution in [1.82, 2.24) is 0 Å². The first-order valence-electron chi connectivity index (χ1n) is 10.1. The fraction of sp³-hybridized carbons (Fsp3) is 0.217. The Labute approximate surface area is 196 Å². The zero-order chi connectivity index (χ0) is 24.8. The van der Waals surface area contributed by atoms with Crippen LogP contribution in [0.5, 0.6) is 0 Å². The van der Waals surface area contributed by atoms with Crippen molar-refractivity contribution < 1.29 is 22.9 Å². The highest BCUT2D eigenvalue weighted by Gasteiger charge is 2.41. The minimum Gasteiger partial charge on any atom is -0.384 e. The summed E-state index contributed by atoms with van der Waals surface area (Å²) in [5.74, 6) is -1.49. The van der Waals surface area contributed by atoms with Gasteiger partial charge in [0.15, 0.2) is 5.78 Å². The van der Waals surface area contributed by atoms with Gasteiger partial charge in [0.25, 0.3) is 5.69 Å². The van der Waals surface area contributed by atoms with Gasteiger partial charge in [0, 0.05) is 29.8 Å². The van der Waals surface area contributed by atoms with Crippen molar-refractivity contribution in [2.75, 3.05) is 4.90 Å². The van der Waals surface area contributed by atoms with Crippen molar-refractivity contribution >= 4 is 28.8 Å². The van der Waals surface area contributed by atoms with Gasteiger partial charge in [-0.15, -0.1) is 0 Å². The SMILES string of the molecule is N#CC1=C(N)N(c2cc(C(F)(F)F)ccc2Cl)C2=C(C(=O)CCC2)[C@@H]1c1cccc([N+](=O)[O-])c1. The molecule has 2 aliphatic rings. The summed E-state index contributed by atoms with van der Waals surface area (Å²) in [6, 6.07) is 10.2. The lowest BCUT2D eigenvalue weighted by Crippen LogP contribution is -2.39. The standard InChI is InChI=1S/C23H16ClF3N4O3/c24-16-8-7-13(23(25,26)27)10-18(16)30-17-5-2-6-19(32)21(17)20(15(11-28)22(30)29)12-3-1-4-14(9-12)31(33)34/h1,3-4,7-10,20H,2,5-6,29H2/t20-/m1/s1. The lowest BCUT2D eigenvalue weighted by atomic mass is 9.75. The number of nitriles is 1. The van der Waals surface area contributed by atoms with Crippen LogP contribution in [0.1, 0.15) is 36.3 Å². The number of nitrogens with zero attached hydrogens (tertiary/aromatic N) is 3. The summed E-state index contributed by atoms with van der Waals surface area (Å²) in [7, 11) is 0. The van der Waals surface area contributed by atoms with Crippen LogP contribution in [-0.4, -0.2) is 10.7 Å². The van der Waals surface area contributed by atoms with Crippen LogP contribution in [0.2, 0.25) is 5.02 Å². The maximum atomic E-state index is 13.4. The molecule has 2 aromatic rings. The second-order valence-corrected chi connectivity index (χ2v) is 8.24. The molecule has 174 valence electrons. The lowest BCUT2D eigenvalue weighted by Gasteiger charge is -2.40. The fourth-order valence-corrected chi connectivity index (χ4v) is 4.58. The van der Waals surface area contributed by atoms with E-state index >= 15 is 0 Å². The van der Waals surface area contributed by atoms with Crippen LogP contribution in [0.25, 0.3) is 0 Å². The number of nitrogens with two attached hydrogens (primary N) is 1. The van der Waals surface area contributed by atoms with Gasteiger partial charge in [-0.2, -0.15) is 18.4 Å². The van der Waals surface area contributed by atoms with Gasteiger partial charge in [0.2, 0.25) is 0 Å². The van der Waals surface area contributed by atoms with Crippen molar-refractivity contribution in [3.8, 4) is 6.07 Å². The zero-order valence-electron chi connectivity index (χ0n) is 17.4. The van der Waals surface area contributed by atoms with Gasteiger partial charge in [0.1, 0.15) is 5.82 Å². The largest absolute Gasteiger partial charge is 0.416 e. The Kier molecular flexibility index (Phi) is 5.83. The quantitative estimate of drug-likeness (QED) is 0.446. The second kappa shape index (κ2) is 8.50. The number of rotatable bonds is 3. The maximum Gasteiger partial charge on any atom is 0.416 e. The van der Waals surface area contributed by atoms with Gasteiger partial charge in [-0.05, 0) is 36.6 Å². The average molecular weight is 489 g/mol. The topological polar surface area (TPSA) is 113 Å². The van der Waals surface area contributed by atoms with Crippen molar-refractivity contribution in [2.24, 2.45) is 5.73 Å². The van der Waals surface area contributed by atoms with Crippen molar-refractivity contribution in [3.63, 3.8) is 0 Å². The molecule has 0 unspecified atom stereocenters. The van der Waals surface area contributed by atoms with E-state index in [0.29, 0.717) is 24.1 Å². The molecule has 0 fully saturated rings. The van der Waals surface area contributed by atoms with Gasteiger partial charge in [-0.3, -0.25) is 19.8 Å². The highest BCUT2D eigenvalue weighted by atomic mass is 35.5. The smallest absolute Gasteiger partial charge is 0.384 e. The Morgan fingerprint density at radius 3 is 2.59 bits per heavy atom. The fourth-order valence-electron chi connectivity index (χ4n) is 4.37. The number of hydrogen-bond donors (Lipinski definition) is 1. The molecule has 1 heterocycles. The molecule has 11 heteroatoms. The van der Waals surface area contributed by atoms with E-state index in [-0.39, 0.29) is 45.6 Å². The summed E-state index contributed by atoms with van der Waals surface area (Å²) in [5.41, 5.74) is 5.72. The molecule has 2 N–H and O–H groups in total. The molecule has 0 amide bonds. The third kappa shape index (κ3) is 3.88. The van der Waals surface area contributed by atoms with Crippen molar-refractivity contribution in [1.29, 1.82) is 5.26 Å². The lowest BCUT2D eigenvalue weighted by molar-refractivity contribution is -0.384. The Balaban J connectivity index is 1.99. The summed E-state index contributed by atoms with van der Waals surface area (Å²) in [4.78, 5) is 25.0. The number of nitro groups is 1. The zero-order valence-corrected chi connectivity index (χ0v) is 18.2. The molecular formula is C23H16ClF3N4O3. The number of carbonyl (C=O) groups is 1. The van der Waals surface area contributed by atoms with Gasteiger partial charge in [0.05, 0.1) is 38.8 Å². The summed E-state index contributed by atoms with van der Waals surface area (Å²) >= 11 is 6.26. The molecule has 1 atom stereocenters. The maximum absolute atomic E-state index is 13.4. The van der Waals surface area contributed by atoms with Crippen molar-refractivity contribution in [2.45, 2.75) is 31.4 Å². The molecule has 1 aliphatic heterocycles. The Hall–Kier alpha value is -3.84. The Morgan fingerprint density at radius 1 is 1.21 bits per heavy atom. The van der Waals surface area contributed by atoms with Gasteiger partial charge in [-0.1, -0.05) is 23.7 Å². The number of allylic oxidation sites excluding steroid dienone is 3. The van der Waals surface area contributed by atoms with Crippen LogP contribution in [0.4, 0.5) is 24.5 Å². The first kappa shape index (κ1) is 23.3. The number of ketones is 1. The molecule has 0 aromatic heterocycles. The van der Waals surface area contributed by atoms with E-state index in [2.05, 4.69) is 0 Å². The number of halogens is 4. The molecule has 0 saturated carbocycles. The molecule has 4 rings (SSSR count). The van der Waals surface area contributed by atoms with Crippen LogP contribution >= 0.6 is 11.6 Å². The first-order valence-corrected chi connectivity index (χ1v) is 10.5. The number of benzene rings is 2. The Morgan fingerprint density at radius 2 is 1.94 bits per heavy atom. The molecule has 7 nitrogen and oxygen atoms in total. The van der Waals surface area contributed by atoms with E-state index < -0.39 is 22.6 Å². The number of alkyl halides is 3. The molecule has 0 radical (unpaired) electrons. The average Bonchev–Trinajstić information content (AvgIpc) is 2.78. The van der Waals surface area contributed by atoms with E-state index in [1.807, 2.05) is 6.07 Å². The van der Waals surface area contributed by atoms with Crippen LogP contribution in [0.3, 0.4) is 0 Å². The van der Waals surface area contributed by atoms with Gasteiger partial charge in [-0.25, -0.2) is 0 Å². The summed E-state index contributed by atoms with van der Waals surface area (Å²) in [6.45, 7) is 0. The van der Waals surface area contributed by atoms with Gasteiger partial charge < -0.3 is 5.73 Å². The predicted octanol–water partition coefficient (Wildman–Crippen LogP) is 5.57. The van der Waals surface area contributed by atoms with Crippen LogP contribution < -0.4 is 10.6 Å². The van der Waals surface area contributed by atoms with Crippen molar-refractivity contribution in [3.05, 3.63) is 91.4 Å². The monoisotopic (exact) mass is 488 g/mol. The number of nitro benzene ring substituents is 1. The predicted molar refractivity (Wildman–Crippen MR) is 117 cm³/mol. The molecule has 2 aromatic carbocycles. The number of non-ortho nitro benzene ring substituents is 1. The summed E-state index contributed by atoms with van der Waals surface area (Å²) < 4.78 is 40.2. The van der Waals surface area contributed by atoms with E-state index in [0.717, 1.165) is 18.2 Å². The normalized spacial score (nSPS) is 18.6. The molecule has 1 aliphatic carbocycles. The highest BCUT2D eigenvalue weighted by molar-refractivity contribution is 6.33. The first-order chi connectivity index (χ1) is 16.0. The minimum atomic E-state index is -4.66. The van der Waals surface area contributed by atoms with Crippen LogP contribution in [-0.2, 0) is 11.0 Å². The molecular weight excluding hydrogens is 473 g/mol. The van der Waals surface area contributed by atoms with E-state index in [1.54, 1.807) is 6.07 Å². The molecule has 0 spiro atoms. The van der Waals surface area contributed by atoms with E-state index in [4.69, 9.17) is 17.3 Å². The molecule has 34 heavy (non-hydrogen) atoms. The van der Waals surface area contributed by atoms with Crippen LogP contribution in [0.15, 0.2) is 65.1 Å². The van der Waals surface area contributed by atoms with E-state index in [1.165, 1.54) is 23.1 Å². The summed E-state index contributed by atoms with van der Waals surface area (Å²) in [5, 5.41) is 21.2. The number of hydrogen-bond acceptors (Lipinski definition) is 6. The van der Waals surface area contributed by atoms with Crippen LogP contribution in [0, 0.1) is 21.4 Å². The second-order valence-electron chi connectivity index (χ2n) is 7.83. The highest BCUT2D eigenvalue weighted by Crippen LogP contribution is 2.48. The van der Waals surface area contributed by atoms with E-state index in [9.17, 15) is 33.3 Å². The number of Topliss-reactive ketones (excluding diaryl/α,β-unsaturated/α-hetero) is 1. The third-order valence-electron chi connectivity index (χ3n) is 5.84.